The number of benzene rings is 1. The maximum Gasteiger partial charge on any atom is 0.267 e. The van der Waals surface area contributed by atoms with E-state index in [0.717, 1.165) is 0 Å². The Morgan fingerprint density at radius 3 is 2.41 bits per heavy atom. The molecule has 0 aliphatic carbocycles. The first-order valence-corrected chi connectivity index (χ1v) is 7.27. The van der Waals surface area contributed by atoms with Crippen LogP contribution in [0.15, 0.2) is 36.9 Å². The second-order valence-electron chi connectivity index (χ2n) is 5.22. The van der Waals surface area contributed by atoms with Gasteiger partial charge in [-0.05, 0) is 18.2 Å². The standard InChI is InChI=1S/C16H18N2O4/c1-2-15(19)17-7-9-18(10-8-17)16(20)14-11-21-12-5-3-4-6-13(12)22-14/h2-6,14H,1,7-11H2. The average Bonchev–Trinajstić information content (AvgIpc) is 2.60. The molecule has 0 saturated carbocycles. The van der Waals surface area contributed by atoms with E-state index in [9.17, 15) is 9.59 Å². The number of amides is 2. The van der Waals surface area contributed by atoms with Crippen LogP contribution in [0.1, 0.15) is 0 Å². The van der Waals surface area contributed by atoms with Crippen LogP contribution in [0.4, 0.5) is 0 Å². The van der Waals surface area contributed by atoms with E-state index in [4.69, 9.17) is 9.47 Å². The Morgan fingerprint density at radius 2 is 1.73 bits per heavy atom. The molecular weight excluding hydrogens is 284 g/mol. The van der Waals surface area contributed by atoms with Crippen molar-refractivity contribution in [2.24, 2.45) is 0 Å². The summed E-state index contributed by atoms with van der Waals surface area (Å²) in [5, 5.41) is 0. The van der Waals surface area contributed by atoms with Gasteiger partial charge in [-0.25, -0.2) is 0 Å². The minimum Gasteiger partial charge on any atom is -0.485 e. The molecule has 1 saturated heterocycles. The van der Waals surface area contributed by atoms with E-state index in [-0.39, 0.29) is 18.4 Å². The van der Waals surface area contributed by atoms with Crippen molar-refractivity contribution in [3.63, 3.8) is 0 Å². The number of hydrogen-bond donors (Lipinski definition) is 0. The first kappa shape index (κ1) is 14.4. The van der Waals surface area contributed by atoms with Crippen molar-refractivity contribution in [2.75, 3.05) is 32.8 Å². The van der Waals surface area contributed by atoms with Gasteiger partial charge >= 0.3 is 0 Å². The predicted octanol–water partition coefficient (Wildman–Crippen LogP) is 0.683. The number of rotatable bonds is 2. The SMILES string of the molecule is C=CC(=O)N1CCN(C(=O)C2COc3ccccc3O2)CC1. The van der Waals surface area contributed by atoms with Crippen molar-refractivity contribution in [1.29, 1.82) is 0 Å². The Bertz CT molecular complexity index is 594. The highest BCUT2D eigenvalue weighted by molar-refractivity contribution is 5.87. The van der Waals surface area contributed by atoms with Crippen molar-refractivity contribution in [3.8, 4) is 11.5 Å². The third-order valence-corrected chi connectivity index (χ3v) is 3.86. The van der Waals surface area contributed by atoms with Crippen LogP contribution in [0.25, 0.3) is 0 Å². The first-order valence-electron chi connectivity index (χ1n) is 7.27. The zero-order chi connectivity index (χ0) is 15.5. The maximum atomic E-state index is 12.5. The molecule has 2 aliphatic rings. The minimum atomic E-state index is -0.628. The molecule has 1 atom stereocenters. The summed E-state index contributed by atoms with van der Waals surface area (Å²) in [6, 6.07) is 7.31. The van der Waals surface area contributed by atoms with E-state index < -0.39 is 6.10 Å². The van der Waals surface area contributed by atoms with Crippen molar-refractivity contribution in [1.82, 2.24) is 9.80 Å². The fourth-order valence-electron chi connectivity index (χ4n) is 2.62. The van der Waals surface area contributed by atoms with Gasteiger partial charge in [0, 0.05) is 26.2 Å². The lowest BCUT2D eigenvalue weighted by Crippen LogP contribution is -2.54. The third-order valence-electron chi connectivity index (χ3n) is 3.86. The second-order valence-corrected chi connectivity index (χ2v) is 5.22. The van der Waals surface area contributed by atoms with Gasteiger partial charge in [0.2, 0.25) is 12.0 Å². The lowest BCUT2D eigenvalue weighted by molar-refractivity contribution is -0.145. The largest absolute Gasteiger partial charge is 0.485 e. The zero-order valence-corrected chi connectivity index (χ0v) is 12.2. The summed E-state index contributed by atoms with van der Waals surface area (Å²) >= 11 is 0. The highest BCUT2D eigenvalue weighted by atomic mass is 16.6. The second kappa shape index (κ2) is 6.09. The Hall–Kier alpha value is -2.50. The number of ether oxygens (including phenoxy) is 2. The number of carbonyl (C=O) groups is 2. The summed E-state index contributed by atoms with van der Waals surface area (Å²) < 4.78 is 11.3. The highest BCUT2D eigenvalue weighted by Gasteiger charge is 2.33. The van der Waals surface area contributed by atoms with Gasteiger partial charge in [0.15, 0.2) is 11.5 Å². The Morgan fingerprint density at radius 1 is 1.09 bits per heavy atom. The minimum absolute atomic E-state index is 0.0970. The summed E-state index contributed by atoms with van der Waals surface area (Å²) in [7, 11) is 0. The van der Waals surface area contributed by atoms with Gasteiger partial charge in [-0.1, -0.05) is 18.7 Å². The van der Waals surface area contributed by atoms with Crippen LogP contribution in [-0.2, 0) is 9.59 Å². The van der Waals surface area contributed by atoms with Crippen LogP contribution < -0.4 is 9.47 Å². The lowest BCUT2D eigenvalue weighted by atomic mass is 10.2. The molecule has 2 heterocycles. The molecule has 0 N–H and O–H groups in total. The van der Waals surface area contributed by atoms with Crippen molar-refractivity contribution < 1.29 is 19.1 Å². The maximum absolute atomic E-state index is 12.5. The number of hydrogen-bond acceptors (Lipinski definition) is 4. The first-order chi connectivity index (χ1) is 10.7. The van der Waals surface area contributed by atoms with Crippen LogP contribution in [0.3, 0.4) is 0 Å². The molecule has 1 fully saturated rings. The number of fused-ring (bicyclic) bond motifs is 1. The van der Waals surface area contributed by atoms with Crippen molar-refractivity contribution in [3.05, 3.63) is 36.9 Å². The molecule has 0 bridgehead atoms. The molecule has 1 unspecified atom stereocenters. The van der Waals surface area contributed by atoms with E-state index in [1.54, 1.807) is 15.9 Å². The molecule has 1 aromatic carbocycles. The Labute approximate surface area is 128 Å². The van der Waals surface area contributed by atoms with E-state index >= 15 is 0 Å². The van der Waals surface area contributed by atoms with Crippen LogP contribution in [0.5, 0.6) is 11.5 Å². The number of nitrogens with zero attached hydrogens (tertiary/aromatic N) is 2. The zero-order valence-electron chi connectivity index (χ0n) is 12.2. The van der Waals surface area contributed by atoms with E-state index in [1.807, 2.05) is 18.2 Å². The monoisotopic (exact) mass is 302 g/mol. The van der Waals surface area contributed by atoms with Gasteiger partial charge in [0.25, 0.3) is 5.91 Å². The molecule has 0 spiro atoms. The fourth-order valence-corrected chi connectivity index (χ4v) is 2.62. The van der Waals surface area contributed by atoms with Crippen molar-refractivity contribution >= 4 is 11.8 Å². The molecule has 3 rings (SSSR count). The van der Waals surface area contributed by atoms with Crippen LogP contribution in [-0.4, -0.2) is 60.5 Å². The molecule has 2 aliphatic heterocycles. The van der Waals surface area contributed by atoms with Gasteiger partial charge in [0.1, 0.15) is 6.61 Å². The molecule has 116 valence electrons. The predicted molar refractivity (Wildman–Crippen MR) is 79.7 cm³/mol. The van der Waals surface area contributed by atoms with Crippen LogP contribution in [0, 0.1) is 0 Å². The summed E-state index contributed by atoms with van der Waals surface area (Å²) in [5.74, 6) is 1.05. The topological polar surface area (TPSA) is 59.1 Å². The number of para-hydroxylation sites is 2. The van der Waals surface area contributed by atoms with Gasteiger partial charge < -0.3 is 19.3 Å². The molecule has 6 nitrogen and oxygen atoms in total. The van der Waals surface area contributed by atoms with Gasteiger partial charge in [-0.15, -0.1) is 0 Å². The van der Waals surface area contributed by atoms with Crippen LogP contribution in [0.2, 0.25) is 0 Å². The summed E-state index contributed by atoms with van der Waals surface area (Å²) in [4.78, 5) is 27.5. The molecule has 0 aromatic heterocycles. The Kier molecular flexibility index (Phi) is 4.00. The normalized spacial score (nSPS) is 20.5. The van der Waals surface area contributed by atoms with E-state index in [1.165, 1.54) is 6.08 Å². The molecule has 1 aromatic rings. The smallest absolute Gasteiger partial charge is 0.267 e. The summed E-state index contributed by atoms with van der Waals surface area (Å²) in [6.45, 7) is 5.72. The fraction of sp³-hybridized carbons (Fsp3) is 0.375. The summed E-state index contributed by atoms with van der Waals surface area (Å²) in [5.41, 5.74) is 0. The number of piperazine rings is 1. The molecule has 0 radical (unpaired) electrons. The Balaban J connectivity index is 1.59. The van der Waals surface area contributed by atoms with Gasteiger partial charge in [-0.2, -0.15) is 0 Å². The molecule has 2 amide bonds. The van der Waals surface area contributed by atoms with Gasteiger partial charge in [-0.3, -0.25) is 9.59 Å². The molecule has 22 heavy (non-hydrogen) atoms. The van der Waals surface area contributed by atoms with Gasteiger partial charge in [0.05, 0.1) is 0 Å². The average molecular weight is 302 g/mol. The highest BCUT2D eigenvalue weighted by Crippen LogP contribution is 2.31. The quantitative estimate of drug-likeness (QED) is 0.754. The lowest BCUT2D eigenvalue weighted by Gasteiger charge is -2.36. The van der Waals surface area contributed by atoms with E-state index in [2.05, 4.69) is 6.58 Å². The molecular formula is C16H18N2O4. The van der Waals surface area contributed by atoms with Crippen molar-refractivity contribution in [2.45, 2.75) is 6.10 Å². The molecule has 6 heteroatoms. The van der Waals surface area contributed by atoms with Crippen LogP contribution >= 0.6 is 0 Å². The van der Waals surface area contributed by atoms with E-state index in [0.29, 0.717) is 37.7 Å². The summed E-state index contributed by atoms with van der Waals surface area (Å²) in [6.07, 6.45) is 0.670. The number of carbonyl (C=O) groups excluding carboxylic acids is 2. The third kappa shape index (κ3) is 2.77.